The minimum Gasteiger partial charge on any atom is -0.481 e. The van der Waals surface area contributed by atoms with E-state index in [9.17, 15) is 13.9 Å². The first-order valence-corrected chi connectivity index (χ1v) is 5.10. The number of rotatable bonds is 3. The lowest BCUT2D eigenvalue weighted by molar-refractivity contribution is 0.213. The highest BCUT2D eigenvalue weighted by Crippen LogP contribution is 2.23. The van der Waals surface area contributed by atoms with Crippen LogP contribution < -0.4 is 4.74 Å². The van der Waals surface area contributed by atoms with Crippen LogP contribution in [0.2, 0.25) is 0 Å². The van der Waals surface area contributed by atoms with E-state index in [1.165, 1.54) is 25.6 Å². The second kappa shape index (κ2) is 5.05. The predicted octanol–water partition coefficient (Wildman–Crippen LogP) is 1.85. The second-order valence-corrected chi connectivity index (χ2v) is 3.56. The van der Waals surface area contributed by atoms with Crippen LogP contribution in [-0.4, -0.2) is 22.2 Å². The Bertz CT molecular complexity index is 564. The molecule has 6 heteroatoms. The van der Waals surface area contributed by atoms with Gasteiger partial charge in [0.05, 0.1) is 12.8 Å². The Morgan fingerprint density at radius 2 is 1.94 bits per heavy atom. The van der Waals surface area contributed by atoms with Gasteiger partial charge in [0.15, 0.2) is 11.6 Å². The van der Waals surface area contributed by atoms with Gasteiger partial charge in [-0.15, -0.1) is 0 Å². The summed E-state index contributed by atoms with van der Waals surface area (Å²) in [5.74, 6) is -1.71. The number of aromatic nitrogens is 2. The van der Waals surface area contributed by atoms with Crippen molar-refractivity contribution in [2.45, 2.75) is 6.10 Å². The number of aliphatic hydroxyl groups excluding tert-OH is 1. The molecule has 94 valence electrons. The molecule has 0 aliphatic rings. The molecule has 0 aliphatic carbocycles. The van der Waals surface area contributed by atoms with E-state index in [-0.39, 0.29) is 17.1 Å². The molecule has 0 aliphatic heterocycles. The lowest BCUT2D eigenvalue weighted by Gasteiger charge is -2.11. The molecule has 4 nitrogen and oxygen atoms in total. The summed E-state index contributed by atoms with van der Waals surface area (Å²) in [4.78, 5) is 7.65. The van der Waals surface area contributed by atoms with Crippen LogP contribution in [0.3, 0.4) is 0 Å². The lowest BCUT2D eigenvalue weighted by Crippen LogP contribution is -2.04. The van der Waals surface area contributed by atoms with Crippen molar-refractivity contribution in [2.75, 3.05) is 7.11 Å². The average molecular weight is 252 g/mol. The van der Waals surface area contributed by atoms with E-state index in [2.05, 4.69) is 9.97 Å². The summed E-state index contributed by atoms with van der Waals surface area (Å²) in [6, 6.07) is 4.59. The molecule has 1 heterocycles. The number of hydrogen-bond donors (Lipinski definition) is 1. The van der Waals surface area contributed by atoms with E-state index in [1.54, 1.807) is 0 Å². The molecule has 1 aromatic heterocycles. The van der Waals surface area contributed by atoms with Gasteiger partial charge in [-0.1, -0.05) is 6.07 Å². The van der Waals surface area contributed by atoms with Crippen molar-refractivity contribution in [3.63, 3.8) is 0 Å². The van der Waals surface area contributed by atoms with E-state index in [4.69, 9.17) is 4.74 Å². The normalized spacial score (nSPS) is 12.2. The van der Waals surface area contributed by atoms with E-state index < -0.39 is 17.7 Å². The highest BCUT2D eigenvalue weighted by molar-refractivity contribution is 5.28. The molecule has 0 bridgehead atoms. The number of nitrogens with zero attached hydrogens (tertiary/aromatic N) is 2. The molecule has 18 heavy (non-hydrogen) atoms. The fraction of sp³-hybridized carbons (Fsp3) is 0.167. The topological polar surface area (TPSA) is 55.2 Å². The van der Waals surface area contributed by atoms with Gasteiger partial charge in [0.2, 0.25) is 5.88 Å². The minimum atomic E-state index is -1.17. The molecular weight excluding hydrogens is 242 g/mol. The predicted molar refractivity (Wildman–Crippen MR) is 59.0 cm³/mol. The standard InChI is InChI=1S/C12H10F2N2O2/c1-18-11-5-10(15-6-16-11)12(17)7-2-3-8(13)9(14)4-7/h2-6,12,17H,1H3. The van der Waals surface area contributed by atoms with Gasteiger partial charge in [-0.3, -0.25) is 0 Å². The monoisotopic (exact) mass is 252 g/mol. The Morgan fingerprint density at radius 1 is 1.17 bits per heavy atom. The second-order valence-electron chi connectivity index (χ2n) is 3.56. The van der Waals surface area contributed by atoms with Crippen molar-refractivity contribution in [1.82, 2.24) is 9.97 Å². The van der Waals surface area contributed by atoms with Gasteiger partial charge < -0.3 is 9.84 Å². The van der Waals surface area contributed by atoms with Gasteiger partial charge >= 0.3 is 0 Å². The molecule has 2 rings (SSSR count). The van der Waals surface area contributed by atoms with Crippen LogP contribution in [0.25, 0.3) is 0 Å². The Hall–Kier alpha value is -2.08. The number of methoxy groups -OCH3 is 1. The van der Waals surface area contributed by atoms with Crippen molar-refractivity contribution < 1.29 is 18.6 Å². The third kappa shape index (κ3) is 2.43. The quantitative estimate of drug-likeness (QED) is 0.905. The largest absolute Gasteiger partial charge is 0.481 e. The third-order valence-corrected chi connectivity index (χ3v) is 2.41. The van der Waals surface area contributed by atoms with Crippen LogP contribution in [0, 0.1) is 11.6 Å². The molecule has 1 aromatic carbocycles. The molecule has 2 aromatic rings. The molecule has 0 amide bonds. The van der Waals surface area contributed by atoms with Crippen LogP contribution >= 0.6 is 0 Å². The summed E-state index contributed by atoms with van der Waals surface area (Å²) < 4.78 is 30.7. The van der Waals surface area contributed by atoms with Crippen molar-refractivity contribution in [3.05, 3.63) is 53.5 Å². The zero-order valence-corrected chi connectivity index (χ0v) is 9.47. The SMILES string of the molecule is COc1cc(C(O)c2ccc(F)c(F)c2)ncn1. The smallest absolute Gasteiger partial charge is 0.216 e. The fourth-order valence-electron chi connectivity index (χ4n) is 1.47. The molecule has 0 spiro atoms. The van der Waals surface area contributed by atoms with E-state index in [1.807, 2.05) is 0 Å². The maximum Gasteiger partial charge on any atom is 0.216 e. The summed E-state index contributed by atoms with van der Waals surface area (Å²) in [5, 5.41) is 9.99. The summed E-state index contributed by atoms with van der Waals surface area (Å²) in [6.07, 6.45) is 0.0501. The molecule has 0 saturated carbocycles. The van der Waals surface area contributed by atoms with Crippen LogP contribution in [0.1, 0.15) is 17.4 Å². The number of hydrogen-bond acceptors (Lipinski definition) is 4. The van der Waals surface area contributed by atoms with Gasteiger partial charge in [-0.2, -0.15) is 0 Å². The van der Waals surface area contributed by atoms with Gasteiger partial charge in [-0.05, 0) is 17.7 Å². The zero-order valence-electron chi connectivity index (χ0n) is 9.47. The van der Waals surface area contributed by atoms with E-state index in [0.717, 1.165) is 12.1 Å². The van der Waals surface area contributed by atoms with Crippen molar-refractivity contribution >= 4 is 0 Å². The van der Waals surface area contributed by atoms with Gasteiger partial charge in [0.25, 0.3) is 0 Å². The first-order chi connectivity index (χ1) is 8.61. The Balaban J connectivity index is 2.34. The Labute approximate surface area is 102 Å². The van der Waals surface area contributed by atoms with Gasteiger partial charge in [0.1, 0.15) is 12.4 Å². The molecule has 0 saturated heterocycles. The van der Waals surface area contributed by atoms with Crippen molar-refractivity contribution in [3.8, 4) is 5.88 Å². The zero-order chi connectivity index (χ0) is 13.1. The highest BCUT2D eigenvalue weighted by atomic mass is 19.2. The number of ether oxygens (including phenoxy) is 1. The Kier molecular flexibility index (Phi) is 3.47. The first kappa shape index (κ1) is 12.4. The molecule has 1 atom stereocenters. The summed E-state index contributed by atoms with van der Waals surface area (Å²) in [7, 11) is 1.43. The fourth-order valence-corrected chi connectivity index (χ4v) is 1.47. The summed E-state index contributed by atoms with van der Waals surface area (Å²) >= 11 is 0. The van der Waals surface area contributed by atoms with Gasteiger partial charge in [0, 0.05) is 6.07 Å². The maximum absolute atomic E-state index is 13.1. The number of aliphatic hydroxyl groups is 1. The summed E-state index contributed by atoms with van der Waals surface area (Å²) in [5.41, 5.74) is 0.447. The van der Waals surface area contributed by atoms with Crippen molar-refractivity contribution in [1.29, 1.82) is 0 Å². The Morgan fingerprint density at radius 3 is 2.61 bits per heavy atom. The van der Waals surface area contributed by atoms with Gasteiger partial charge in [-0.25, -0.2) is 18.7 Å². The number of halogens is 2. The van der Waals surface area contributed by atoms with Crippen LogP contribution in [-0.2, 0) is 0 Å². The van der Waals surface area contributed by atoms with E-state index >= 15 is 0 Å². The van der Waals surface area contributed by atoms with Crippen LogP contribution in [0.5, 0.6) is 5.88 Å². The molecule has 1 unspecified atom stereocenters. The molecule has 1 N–H and O–H groups in total. The lowest BCUT2D eigenvalue weighted by atomic mass is 10.1. The third-order valence-electron chi connectivity index (χ3n) is 2.41. The minimum absolute atomic E-state index is 0.203. The molecule has 0 radical (unpaired) electrons. The van der Waals surface area contributed by atoms with Crippen LogP contribution in [0.15, 0.2) is 30.6 Å². The molecular formula is C12H10F2N2O2. The van der Waals surface area contributed by atoms with E-state index in [0.29, 0.717) is 0 Å². The van der Waals surface area contributed by atoms with Crippen LogP contribution in [0.4, 0.5) is 8.78 Å². The average Bonchev–Trinajstić information content (AvgIpc) is 2.41. The van der Waals surface area contributed by atoms with Crippen molar-refractivity contribution in [2.24, 2.45) is 0 Å². The maximum atomic E-state index is 13.1. The molecule has 0 fully saturated rings. The summed E-state index contributed by atoms with van der Waals surface area (Å²) in [6.45, 7) is 0. The highest BCUT2D eigenvalue weighted by Gasteiger charge is 2.15. The number of benzene rings is 1. The first-order valence-electron chi connectivity index (χ1n) is 5.10.